The summed E-state index contributed by atoms with van der Waals surface area (Å²) in [5.74, 6) is 0.170. The Bertz CT molecular complexity index is 1090. The van der Waals surface area contributed by atoms with Gasteiger partial charge in [-0.3, -0.25) is 10.1 Å². The number of nitrogens with one attached hydrogen (secondary N) is 1. The zero-order chi connectivity index (χ0) is 19.1. The lowest BCUT2D eigenvalue weighted by molar-refractivity contribution is -0.126. The van der Waals surface area contributed by atoms with Crippen LogP contribution in [0.3, 0.4) is 0 Å². The molecular weight excluding hydrogens is 344 g/mol. The molecule has 3 heteroatoms. The maximum Gasteiger partial charge on any atom is 0.237 e. The highest BCUT2D eigenvalue weighted by Crippen LogP contribution is 2.38. The van der Waals surface area contributed by atoms with Crippen LogP contribution in [0.2, 0.25) is 0 Å². The van der Waals surface area contributed by atoms with Crippen molar-refractivity contribution in [3.8, 4) is 0 Å². The first-order valence-electron chi connectivity index (χ1n) is 9.68. The van der Waals surface area contributed by atoms with E-state index in [0.29, 0.717) is 6.54 Å². The Hall–Kier alpha value is -3.17. The minimum Gasteiger partial charge on any atom is -0.328 e. The molecule has 1 N–H and O–H groups in total. The predicted molar refractivity (Wildman–Crippen MR) is 114 cm³/mol. The normalized spacial score (nSPS) is 17.1. The summed E-state index contributed by atoms with van der Waals surface area (Å²) in [5, 5.41) is 8.37. The molecule has 0 bridgehead atoms. The van der Waals surface area contributed by atoms with Crippen LogP contribution in [-0.4, -0.2) is 30.6 Å². The van der Waals surface area contributed by atoms with Gasteiger partial charge in [0.15, 0.2) is 0 Å². The van der Waals surface area contributed by atoms with E-state index in [-0.39, 0.29) is 18.0 Å². The number of hydrogen-bond donors (Lipinski definition) is 1. The highest BCUT2D eigenvalue weighted by molar-refractivity contribution is 5.91. The van der Waals surface area contributed by atoms with Gasteiger partial charge in [0.25, 0.3) is 0 Å². The van der Waals surface area contributed by atoms with E-state index in [1.807, 2.05) is 11.9 Å². The number of nitrogens with zero attached hydrogens (tertiary/aromatic N) is 1. The average Bonchev–Trinajstić information content (AvgIpc) is 3.07. The minimum absolute atomic E-state index is 0.0358. The molecule has 1 atom stereocenters. The third kappa shape index (κ3) is 2.67. The lowest BCUT2D eigenvalue weighted by Crippen LogP contribution is -2.40. The molecule has 1 aliphatic heterocycles. The number of likely N-dealkylation sites (N-methyl/N-ethyl adjacent to an activating group) is 1. The molecule has 1 aliphatic rings. The maximum atomic E-state index is 12.3. The van der Waals surface area contributed by atoms with Crippen molar-refractivity contribution in [3.05, 3.63) is 96.1 Å². The molecule has 3 nitrogen and oxygen atoms in total. The van der Waals surface area contributed by atoms with Crippen LogP contribution in [-0.2, 0) is 4.79 Å². The molecule has 0 saturated carbocycles. The van der Waals surface area contributed by atoms with E-state index < -0.39 is 0 Å². The SMILES string of the molecule is CN1C(=O)CN[C@@H]1C(c1cccc2ccccc12)c1cccc2ccccc12. The van der Waals surface area contributed by atoms with Crippen molar-refractivity contribution in [2.24, 2.45) is 0 Å². The molecular formula is C25H22N2O. The fourth-order valence-corrected chi connectivity index (χ4v) is 4.50. The van der Waals surface area contributed by atoms with Gasteiger partial charge in [0.1, 0.15) is 0 Å². The molecule has 1 amide bonds. The molecule has 4 aromatic carbocycles. The molecule has 5 rings (SSSR count). The second-order valence-electron chi connectivity index (χ2n) is 7.44. The molecule has 138 valence electrons. The van der Waals surface area contributed by atoms with Crippen LogP contribution < -0.4 is 5.32 Å². The predicted octanol–water partition coefficient (Wildman–Crippen LogP) is 4.51. The van der Waals surface area contributed by atoms with Gasteiger partial charge >= 0.3 is 0 Å². The van der Waals surface area contributed by atoms with Crippen molar-refractivity contribution < 1.29 is 4.79 Å². The fraction of sp³-hybridized carbons (Fsp3) is 0.160. The molecule has 0 spiro atoms. The minimum atomic E-state index is -0.0795. The largest absolute Gasteiger partial charge is 0.328 e. The van der Waals surface area contributed by atoms with Gasteiger partial charge < -0.3 is 4.90 Å². The van der Waals surface area contributed by atoms with Gasteiger partial charge in [-0.1, -0.05) is 84.9 Å². The smallest absolute Gasteiger partial charge is 0.237 e. The summed E-state index contributed by atoms with van der Waals surface area (Å²) in [6.07, 6.45) is -0.0795. The van der Waals surface area contributed by atoms with Crippen LogP contribution in [0.1, 0.15) is 17.0 Å². The van der Waals surface area contributed by atoms with Crippen LogP contribution in [0.5, 0.6) is 0 Å². The second-order valence-corrected chi connectivity index (χ2v) is 7.44. The lowest BCUT2D eigenvalue weighted by Gasteiger charge is -2.31. The summed E-state index contributed by atoms with van der Waals surface area (Å²) in [5.41, 5.74) is 2.49. The van der Waals surface area contributed by atoms with Crippen molar-refractivity contribution in [1.82, 2.24) is 10.2 Å². The summed E-state index contributed by atoms with van der Waals surface area (Å²) in [6.45, 7) is 0.382. The Morgan fingerprint density at radius 3 is 1.79 bits per heavy atom. The van der Waals surface area contributed by atoms with Crippen LogP contribution in [0.25, 0.3) is 21.5 Å². The van der Waals surface area contributed by atoms with Crippen molar-refractivity contribution in [1.29, 1.82) is 0 Å². The Kier molecular flexibility index (Phi) is 4.10. The number of carbonyl (C=O) groups is 1. The highest BCUT2D eigenvalue weighted by atomic mass is 16.2. The van der Waals surface area contributed by atoms with E-state index in [2.05, 4.69) is 90.2 Å². The zero-order valence-corrected chi connectivity index (χ0v) is 15.8. The number of carbonyl (C=O) groups excluding carboxylic acids is 1. The van der Waals surface area contributed by atoms with E-state index in [0.717, 1.165) is 0 Å². The van der Waals surface area contributed by atoms with E-state index in [9.17, 15) is 4.79 Å². The summed E-state index contributed by atoms with van der Waals surface area (Å²) < 4.78 is 0. The quantitative estimate of drug-likeness (QED) is 0.578. The zero-order valence-electron chi connectivity index (χ0n) is 15.8. The Morgan fingerprint density at radius 2 is 1.29 bits per heavy atom. The van der Waals surface area contributed by atoms with Crippen LogP contribution in [0, 0.1) is 0 Å². The first kappa shape index (κ1) is 17.0. The average molecular weight is 366 g/mol. The number of fused-ring (bicyclic) bond motifs is 2. The van der Waals surface area contributed by atoms with Crippen molar-refractivity contribution in [3.63, 3.8) is 0 Å². The summed E-state index contributed by atoms with van der Waals surface area (Å²) in [4.78, 5) is 14.2. The van der Waals surface area contributed by atoms with E-state index in [1.54, 1.807) is 0 Å². The molecule has 0 unspecified atom stereocenters. The Morgan fingerprint density at radius 1 is 0.786 bits per heavy atom. The summed E-state index contributed by atoms with van der Waals surface area (Å²) >= 11 is 0. The number of rotatable bonds is 3. The van der Waals surface area contributed by atoms with Crippen molar-refractivity contribution in [2.75, 3.05) is 13.6 Å². The fourth-order valence-electron chi connectivity index (χ4n) is 4.50. The van der Waals surface area contributed by atoms with Crippen molar-refractivity contribution in [2.45, 2.75) is 12.1 Å². The topological polar surface area (TPSA) is 32.3 Å². The summed E-state index contributed by atoms with van der Waals surface area (Å²) in [6, 6.07) is 29.9. The molecule has 1 saturated heterocycles. The molecule has 4 aromatic rings. The first-order chi connectivity index (χ1) is 13.7. The van der Waals surface area contributed by atoms with E-state index in [1.165, 1.54) is 32.7 Å². The van der Waals surface area contributed by atoms with Gasteiger partial charge in [0.2, 0.25) is 5.91 Å². The molecule has 0 radical (unpaired) electrons. The third-order valence-electron chi connectivity index (χ3n) is 5.91. The molecule has 1 fully saturated rings. The Balaban J connectivity index is 1.80. The van der Waals surface area contributed by atoms with Gasteiger partial charge in [-0.05, 0) is 32.7 Å². The van der Waals surface area contributed by atoms with Crippen LogP contribution in [0.4, 0.5) is 0 Å². The third-order valence-corrected chi connectivity index (χ3v) is 5.91. The van der Waals surface area contributed by atoms with Gasteiger partial charge in [-0.2, -0.15) is 0 Å². The molecule has 1 heterocycles. The van der Waals surface area contributed by atoms with Gasteiger partial charge in [0.05, 0.1) is 12.7 Å². The lowest BCUT2D eigenvalue weighted by atomic mass is 9.83. The maximum absolute atomic E-state index is 12.3. The van der Waals surface area contributed by atoms with Gasteiger partial charge in [-0.25, -0.2) is 0 Å². The van der Waals surface area contributed by atoms with Crippen LogP contribution >= 0.6 is 0 Å². The van der Waals surface area contributed by atoms with Crippen LogP contribution in [0.15, 0.2) is 84.9 Å². The Labute approximate surface area is 164 Å². The summed E-state index contributed by atoms with van der Waals surface area (Å²) in [7, 11) is 1.90. The second kappa shape index (κ2) is 6.77. The molecule has 0 aromatic heterocycles. The first-order valence-corrected chi connectivity index (χ1v) is 9.68. The number of benzene rings is 4. The molecule has 28 heavy (non-hydrogen) atoms. The molecule has 0 aliphatic carbocycles. The highest BCUT2D eigenvalue weighted by Gasteiger charge is 2.36. The van der Waals surface area contributed by atoms with Crippen molar-refractivity contribution >= 4 is 27.5 Å². The van der Waals surface area contributed by atoms with E-state index in [4.69, 9.17) is 0 Å². The van der Waals surface area contributed by atoms with Gasteiger partial charge in [-0.15, -0.1) is 0 Å². The number of amides is 1. The van der Waals surface area contributed by atoms with E-state index >= 15 is 0 Å². The number of hydrogen-bond acceptors (Lipinski definition) is 2. The van der Waals surface area contributed by atoms with Gasteiger partial charge in [0, 0.05) is 13.0 Å². The standard InChI is InChI=1S/C25H22N2O/c1-27-23(28)16-26-25(27)24(21-14-6-10-17-8-2-4-12-19(17)21)22-15-7-11-18-9-3-5-13-20(18)22/h2-15,24-26H,16H2,1H3/t25-/m0/s1. The monoisotopic (exact) mass is 366 g/mol.